The fraction of sp³-hybridized carbons (Fsp3) is 0.333. The van der Waals surface area contributed by atoms with Crippen molar-refractivity contribution in [1.29, 1.82) is 0 Å². The number of carbonyl (C=O) groups excluding carboxylic acids is 1. The van der Waals surface area contributed by atoms with Gasteiger partial charge in [-0.25, -0.2) is 0 Å². The molecule has 2 aromatic rings. The van der Waals surface area contributed by atoms with Crippen LogP contribution < -0.4 is 9.62 Å². The Bertz CT molecular complexity index is 1080. The van der Waals surface area contributed by atoms with Crippen LogP contribution in [-0.4, -0.2) is 24.4 Å². The molecule has 0 saturated carbocycles. The van der Waals surface area contributed by atoms with E-state index in [4.69, 9.17) is 11.6 Å². The van der Waals surface area contributed by atoms with Crippen LogP contribution in [0, 0.1) is 5.92 Å². The van der Waals surface area contributed by atoms with Crippen molar-refractivity contribution in [2.45, 2.75) is 46.0 Å². The molecule has 2 heterocycles. The minimum Gasteiger partial charge on any atom is -0.322 e. The molecule has 0 aliphatic carbocycles. The number of halogens is 1. The van der Waals surface area contributed by atoms with Crippen LogP contribution in [0.5, 0.6) is 0 Å². The van der Waals surface area contributed by atoms with Gasteiger partial charge in [-0.05, 0) is 66.4 Å². The number of hydrogen-bond acceptors (Lipinski definition) is 4. The molecule has 190 valence electrons. The molecule has 2 unspecified atom stereocenters. The first-order chi connectivity index (χ1) is 17.5. The third kappa shape index (κ3) is 8.72. The van der Waals surface area contributed by atoms with E-state index in [1.165, 1.54) is 19.3 Å². The number of carbonyl (C=O) groups is 1. The smallest absolute Gasteiger partial charge is 0.255 e. The maximum absolute atomic E-state index is 12.8. The van der Waals surface area contributed by atoms with E-state index in [1.807, 2.05) is 79.0 Å². The van der Waals surface area contributed by atoms with E-state index in [0.29, 0.717) is 16.3 Å². The number of nitrogens with one attached hydrogen (secondary N) is 1. The summed E-state index contributed by atoms with van der Waals surface area (Å²) in [5.74, 6) is 1.28. The molecule has 2 aromatic carbocycles. The van der Waals surface area contributed by atoms with E-state index in [0.717, 1.165) is 23.5 Å². The summed E-state index contributed by atoms with van der Waals surface area (Å²) in [6, 6.07) is 13.4. The van der Waals surface area contributed by atoms with Crippen molar-refractivity contribution in [3.63, 3.8) is 0 Å². The average molecular weight is 522 g/mol. The van der Waals surface area contributed by atoms with Gasteiger partial charge in [-0.2, -0.15) is 0 Å². The predicted octanol–water partition coefficient (Wildman–Crippen LogP) is 8.69. The molecule has 0 spiro atoms. The van der Waals surface area contributed by atoms with Crippen LogP contribution in [0.3, 0.4) is 0 Å². The Morgan fingerprint density at radius 2 is 1.83 bits per heavy atom. The normalized spacial score (nSPS) is 21.7. The van der Waals surface area contributed by atoms with E-state index in [2.05, 4.69) is 47.5 Å². The number of unbranched alkanes of at least 4 members (excludes halogenated alkanes) is 1. The van der Waals surface area contributed by atoms with E-state index < -0.39 is 0 Å². The number of amides is 1. The third-order valence-corrected chi connectivity index (χ3v) is 7.17. The van der Waals surface area contributed by atoms with Crippen LogP contribution in [-0.2, 0) is 0 Å². The van der Waals surface area contributed by atoms with Gasteiger partial charge < -0.3 is 9.62 Å². The molecule has 0 radical (unpaired) electrons. The lowest BCUT2D eigenvalue weighted by Gasteiger charge is -2.16. The maximum atomic E-state index is 12.8. The highest BCUT2D eigenvalue weighted by Gasteiger charge is 2.15. The zero-order valence-electron chi connectivity index (χ0n) is 21.4. The minimum absolute atomic E-state index is 0.00296. The van der Waals surface area contributed by atoms with Crippen LogP contribution in [0.2, 0.25) is 5.02 Å². The van der Waals surface area contributed by atoms with E-state index in [1.54, 1.807) is 6.07 Å². The lowest BCUT2D eigenvalue weighted by molar-refractivity contribution is 0.102. The van der Waals surface area contributed by atoms with Crippen molar-refractivity contribution in [2.75, 3.05) is 21.9 Å². The molecule has 0 bridgehead atoms. The summed E-state index contributed by atoms with van der Waals surface area (Å²) in [4.78, 5) is 17.2. The van der Waals surface area contributed by atoms with Gasteiger partial charge in [-0.15, -0.1) is 0 Å². The van der Waals surface area contributed by atoms with Crippen LogP contribution in [0.15, 0.2) is 84.0 Å². The molecule has 1 N–H and O–H groups in total. The molecule has 4 nitrogen and oxygen atoms in total. The van der Waals surface area contributed by atoms with Gasteiger partial charge in [0.15, 0.2) is 0 Å². The van der Waals surface area contributed by atoms with Crippen molar-refractivity contribution < 1.29 is 4.79 Å². The van der Waals surface area contributed by atoms with E-state index in [-0.39, 0.29) is 17.7 Å². The second kappa shape index (κ2) is 14.7. The van der Waals surface area contributed by atoms with Gasteiger partial charge in [-0.3, -0.25) is 9.79 Å². The van der Waals surface area contributed by atoms with Crippen molar-refractivity contribution in [3.8, 4) is 0 Å². The third-order valence-electron chi connectivity index (χ3n) is 5.78. The Morgan fingerprint density at radius 1 is 1.08 bits per heavy atom. The number of anilines is 2. The van der Waals surface area contributed by atoms with Crippen molar-refractivity contribution in [3.05, 3.63) is 95.2 Å². The average Bonchev–Trinajstić information content (AvgIpc) is 3.43. The zero-order chi connectivity index (χ0) is 25.8. The summed E-state index contributed by atoms with van der Waals surface area (Å²) in [6.07, 6.45) is 17.8. The Labute approximate surface area is 225 Å². The van der Waals surface area contributed by atoms with Crippen LogP contribution >= 0.6 is 23.5 Å². The fourth-order valence-corrected chi connectivity index (χ4v) is 4.85. The van der Waals surface area contributed by atoms with Crippen LogP contribution in [0.4, 0.5) is 11.4 Å². The number of aliphatic imine (C=N–C) groups is 1. The molecule has 2 aliphatic heterocycles. The second-order valence-electron chi connectivity index (χ2n) is 8.86. The summed E-state index contributed by atoms with van der Waals surface area (Å²) in [7, 11) is 0. The van der Waals surface area contributed by atoms with E-state index >= 15 is 0 Å². The number of nitrogens with zero attached hydrogens (tertiary/aromatic N) is 2. The summed E-state index contributed by atoms with van der Waals surface area (Å²) in [5, 5.41) is 3.56. The van der Waals surface area contributed by atoms with Gasteiger partial charge in [0.25, 0.3) is 5.91 Å². The molecule has 0 aromatic heterocycles. The summed E-state index contributed by atoms with van der Waals surface area (Å²) in [5.41, 5.74) is 3.41. The van der Waals surface area contributed by atoms with Gasteiger partial charge in [0.2, 0.25) is 0 Å². The zero-order valence-corrected chi connectivity index (χ0v) is 22.9. The fourth-order valence-electron chi connectivity index (χ4n) is 3.60. The largest absolute Gasteiger partial charge is 0.322 e. The molecule has 1 fully saturated rings. The molecule has 1 amide bonds. The van der Waals surface area contributed by atoms with Gasteiger partial charge in [0.1, 0.15) is 0 Å². The van der Waals surface area contributed by atoms with Crippen molar-refractivity contribution in [1.82, 2.24) is 0 Å². The molecule has 2 atom stereocenters. The SMILES string of the molecule is CC1C=N/C=C\C(c2cc(Cl)cc(NC(=O)c3ccc(N4CCCS4)cc3)c2)/C=C\C=C/1.CCCC. The van der Waals surface area contributed by atoms with Gasteiger partial charge in [-0.1, -0.05) is 75.6 Å². The standard InChI is InChI=1S/C26H26ClN3OS.C4H10/c1-19-5-2-3-6-20(11-12-28-18-19)22-15-23(27)17-24(16-22)29-26(31)21-7-9-25(10-8-21)30-13-4-14-32-30;1-3-4-2/h2-3,5-12,15-20H,4,13-14H2,1H3,(H,29,31);3-4H2,1-2H3/b5-2-,6-3-,12-11-,28-18?;. The number of allylic oxidation sites excluding steroid dienone is 5. The van der Waals surface area contributed by atoms with Crippen molar-refractivity contribution in [2.24, 2.45) is 10.9 Å². The molecule has 1 saturated heterocycles. The summed E-state index contributed by atoms with van der Waals surface area (Å²) in [6.45, 7) is 7.50. The molecule has 4 rings (SSSR count). The number of hydrogen-bond donors (Lipinski definition) is 1. The first kappa shape index (κ1) is 27.8. The maximum Gasteiger partial charge on any atom is 0.255 e. The molecule has 6 heteroatoms. The van der Waals surface area contributed by atoms with E-state index in [9.17, 15) is 4.79 Å². The van der Waals surface area contributed by atoms with Gasteiger partial charge in [0, 0.05) is 58.5 Å². The highest BCUT2D eigenvalue weighted by molar-refractivity contribution is 8.00. The topological polar surface area (TPSA) is 44.7 Å². The molecular weight excluding hydrogens is 486 g/mol. The second-order valence-corrected chi connectivity index (χ2v) is 10.4. The first-order valence-corrected chi connectivity index (χ1v) is 14.0. The Hall–Kier alpha value is -2.76. The lowest BCUT2D eigenvalue weighted by Crippen LogP contribution is -2.13. The molecule has 2 aliphatic rings. The minimum atomic E-state index is -0.155. The lowest BCUT2D eigenvalue weighted by atomic mass is 9.97. The Morgan fingerprint density at radius 3 is 2.53 bits per heavy atom. The first-order valence-electron chi connectivity index (χ1n) is 12.7. The Balaban J connectivity index is 0.000000840. The van der Waals surface area contributed by atoms with Gasteiger partial charge in [0.05, 0.1) is 0 Å². The highest BCUT2D eigenvalue weighted by Crippen LogP contribution is 2.30. The summed E-state index contributed by atoms with van der Waals surface area (Å²) < 4.78 is 2.27. The van der Waals surface area contributed by atoms with Crippen molar-refractivity contribution >= 4 is 47.0 Å². The van der Waals surface area contributed by atoms with Gasteiger partial charge >= 0.3 is 0 Å². The number of rotatable bonds is 5. The predicted molar refractivity (Wildman–Crippen MR) is 159 cm³/mol. The quantitative estimate of drug-likeness (QED) is 0.400. The monoisotopic (exact) mass is 521 g/mol. The van der Waals surface area contributed by atoms with Crippen LogP contribution in [0.25, 0.3) is 0 Å². The van der Waals surface area contributed by atoms with Crippen LogP contribution in [0.1, 0.15) is 61.9 Å². The summed E-state index contributed by atoms with van der Waals surface area (Å²) >= 11 is 8.22. The molecular formula is C30H36ClN3OS. The molecule has 36 heavy (non-hydrogen) atoms. The number of benzene rings is 2. The highest BCUT2D eigenvalue weighted by atomic mass is 35.5. The Kier molecular flexibility index (Phi) is 11.4.